The number of rotatable bonds is 1. The minimum atomic E-state index is -0.0255. The van der Waals surface area contributed by atoms with Gasteiger partial charge < -0.3 is 4.74 Å². The Morgan fingerprint density at radius 3 is 2.64 bits per heavy atom. The van der Waals surface area contributed by atoms with Crippen LogP contribution in [0.5, 0.6) is 0 Å². The quantitative estimate of drug-likeness (QED) is 0.543. The highest BCUT2D eigenvalue weighted by Gasteiger charge is 2.27. The third kappa shape index (κ3) is 2.21. The van der Waals surface area contributed by atoms with Gasteiger partial charge in [0.05, 0.1) is 0 Å². The highest BCUT2D eigenvalue weighted by Crippen LogP contribution is 2.24. The summed E-state index contributed by atoms with van der Waals surface area (Å²) >= 11 is 0. The molecule has 2 nitrogen and oxygen atoms in total. The van der Waals surface area contributed by atoms with Crippen molar-refractivity contribution in [2.45, 2.75) is 39.7 Å². The van der Waals surface area contributed by atoms with Crippen molar-refractivity contribution >= 4 is 5.97 Å². The van der Waals surface area contributed by atoms with E-state index >= 15 is 0 Å². The smallest absolute Gasteiger partial charge is 0.306 e. The number of hydrogen-bond donors (Lipinski definition) is 0. The van der Waals surface area contributed by atoms with Gasteiger partial charge in [0.2, 0.25) is 0 Å². The first-order chi connectivity index (χ1) is 5.09. The van der Waals surface area contributed by atoms with Gasteiger partial charge in [-0.2, -0.15) is 0 Å². The molecule has 11 heavy (non-hydrogen) atoms. The third-order valence-corrected chi connectivity index (χ3v) is 2.18. The molecule has 1 fully saturated rings. The van der Waals surface area contributed by atoms with Gasteiger partial charge in [0.15, 0.2) is 0 Å². The standard InChI is InChI=1S/C9H16O2/c1-6(2)8-4-7(3)5-9(10)11-8/h6-8H,4-5H2,1-3H3. The van der Waals surface area contributed by atoms with Crippen molar-refractivity contribution in [2.75, 3.05) is 0 Å². The Morgan fingerprint density at radius 2 is 2.18 bits per heavy atom. The van der Waals surface area contributed by atoms with E-state index in [-0.39, 0.29) is 12.1 Å². The molecule has 1 heterocycles. The zero-order valence-corrected chi connectivity index (χ0v) is 7.46. The predicted molar refractivity (Wildman–Crippen MR) is 43.1 cm³/mol. The lowest BCUT2D eigenvalue weighted by molar-refractivity contribution is -0.159. The summed E-state index contributed by atoms with van der Waals surface area (Å²) in [4.78, 5) is 11.0. The van der Waals surface area contributed by atoms with Crippen molar-refractivity contribution in [1.29, 1.82) is 0 Å². The van der Waals surface area contributed by atoms with Crippen LogP contribution in [0.1, 0.15) is 33.6 Å². The van der Waals surface area contributed by atoms with Crippen LogP contribution >= 0.6 is 0 Å². The van der Waals surface area contributed by atoms with E-state index in [4.69, 9.17) is 4.74 Å². The first-order valence-electron chi connectivity index (χ1n) is 4.29. The second kappa shape index (κ2) is 3.24. The molecular weight excluding hydrogens is 140 g/mol. The monoisotopic (exact) mass is 156 g/mol. The molecule has 0 radical (unpaired) electrons. The fourth-order valence-corrected chi connectivity index (χ4v) is 1.44. The molecule has 1 aliphatic heterocycles. The number of carbonyl (C=O) groups is 1. The highest BCUT2D eigenvalue weighted by molar-refractivity contribution is 5.70. The van der Waals surface area contributed by atoms with E-state index in [9.17, 15) is 4.79 Å². The van der Waals surface area contributed by atoms with Gasteiger partial charge in [0.25, 0.3) is 0 Å². The maximum absolute atomic E-state index is 11.0. The second-order valence-corrected chi connectivity index (χ2v) is 3.82. The van der Waals surface area contributed by atoms with Crippen molar-refractivity contribution < 1.29 is 9.53 Å². The van der Waals surface area contributed by atoms with Crippen LogP contribution in [0.2, 0.25) is 0 Å². The van der Waals surface area contributed by atoms with Crippen molar-refractivity contribution in [3.63, 3.8) is 0 Å². The lowest BCUT2D eigenvalue weighted by Gasteiger charge is -2.29. The van der Waals surface area contributed by atoms with E-state index in [1.54, 1.807) is 0 Å². The lowest BCUT2D eigenvalue weighted by atomic mass is 9.91. The van der Waals surface area contributed by atoms with Crippen LogP contribution in [-0.4, -0.2) is 12.1 Å². The molecule has 0 aromatic carbocycles. The lowest BCUT2D eigenvalue weighted by Crippen LogP contribution is -2.31. The van der Waals surface area contributed by atoms with Gasteiger partial charge in [-0.15, -0.1) is 0 Å². The SMILES string of the molecule is CC1CC(=O)OC(C(C)C)C1. The maximum Gasteiger partial charge on any atom is 0.306 e. The van der Waals surface area contributed by atoms with Crippen LogP contribution in [0.3, 0.4) is 0 Å². The second-order valence-electron chi connectivity index (χ2n) is 3.82. The van der Waals surface area contributed by atoms with Crippen LogP contribution in [0, 0.1) is 11.8 Å². The molecule has 64 valence electrons. The maximum atomic E-state index is 11.0. The van der Waals surface area contributed by atoms with Crippen LogP contribution in [0.15, 0.2) is 0 Å². The Hall–Kier alpha value is -0.530. The molecule has 0 spiro atoms. The first kappa shape index (κ1) is 8.57. The van der Waals surface area contributed by atoms with Crippen LogP contribution < -0.4 is 0 Å². The van der Waals surface area contributed by atoms with Crippen LogP contribution in [0.4, 0.5) is 0 Å². The van der Waals surface area contributed by atoms with Gasteiger partial charge in [-0.25, -0.2) is 0 Å². The minimum Gasteiger partial charge on any atom is -0.462 e. The minimum absolute atomic E-state index is 0.0255. The molecule has 1 rings (SSSR count). The van der Waals surface area contributed by atoms with Crippen molar-refractivity contribution in [3.05, 3.63) is 0 Å². The van der Waals surface area contributed by atoms with E-state index < -0.39 is 0 Å². The largest absolute Gasteiger partial charge is 0.462 e. The topological polar surface area (TPSA) is 26.3 Å². The van der Waals surface area contributed by atoms with Crippen LogP contribution in [-0.2, 0) is 9.53 Å². The summed E-state index contributed by atoms with van der Waals surface area (Å²) in [5.74, 6) is 0.938. The van der Waals surface area contributed by atoms with E-state index in [0.29, 0.717) is 18.3 Å². The summed E-state index contributed by atoms with van der Waals surface area (Å²) in [5.41, 5.74) is 0. The fraction of sp³-hybridized carbons (Fsp3) is 0.889. The normalized spacial score (nSPS) is 32.2. The fourth-order valence-electron chi connectivity index (χ4n) is 1.44. The molecule has 0 bridgehead atoms. The number of carbonyl (C=O) groups excluding carboxylic acids is 1. The Bertz CT molecular complexity index is 152. The van der Waals surface area contributed by atoms with E-state index in [0.717, 1.165) is 6.42 Å². The van der Waals surface area contributed by atoms with Gasteiger partial charge in [0, 0.05) is 6.42 Å². The molecule has 0 aromatic rings. The molecule has 0 aliphatic carbocycles. The summed E-state index contributed by atoms with van der Waals surface area (Å²) in [6.07, 6.45) is 1.79. The first-order valence-corrected chi connectivity index (χ1v) is 4.29. The van der Waals surface area contributed by atoms with Gasteiger partial charge in [-0.1, -0.05) is 20.8 Å². The average Bonchev–Trinajstić information content (AvgIpc) is 1.85. The summed E-state index contributed by atoms with van der Waals surface area (Å²) in [5, 5.41) is 0. The Morgan fingerprint density at radius 1 is 1.55 bits per heavy atom. The molecule has 1 saturated heterocycles. The van der Waals surface area contributed by atoms with Crippen LogP contribution in [0.25, 0.3) is 0 Å². The van der Waals surface area contributed by atoms with Crippen molar-refractivity contribution in [3.8, 4) is 0 Å². The molecule has 0 saturated carbocycles. The molecule has 0 amide bonds. The van der Waals surface area contributed by atoms with E-state index in [1.165, 1.54) is 0 Å². The summed E-state index contributed by atoms with van der Waals surface area (Å²) < 4.78 is 5.18. The Kier molecular flexibility index (Phi) is 2.53. The summed E-state index contributed by atoms with van der Waals surface area (Å²) in [7, 11) is 0. The summed E-state index contributed by atoms with van der Waals surface area (Å²) in [6.45, 7) is 6.29. The predicted octanol–water partition coefficient (Wildman–Crippen LogP) is 1.98. The zero-order valence-electron chi connectivity index (χ0n) is 7.46. The van der Waals surface area contributed by atoms with E-state index in [1.807, 2.05) is 0 Å². The number of ether oxygens (including phenoxy) is 1. The molecule has 0 aromatic heterocycles. The Labute approximate surface area is 67.9 Å². The molecular formula is C9H16O2. The van der Waals surface area contributed by atoms with E-state index in [2.05, 4.69) is 20.8 Å². The molecule has 2 atom stereocenters. The molecule has 2 heteroatoms. The third-order valence-electron chi connectivity index (χ3n) is 2.18. The van der Waals surface area contributed by atoms with Gasteiger partial charge in [-0.3, -0.25) is 4.79 Å². The molecule has 0 N–H and O–H groups in total. The van der Waals surface area contributed by atoms with Gasteiger partial charge >= 0.3 is 5.97 Å². The Balaban J connectivity index is 2.49. The summed E-state index contributed by atoms with van der Waals surface area (Å²) in [6, 6.07) is 0. The zero-order chi connectivity index (χ0) is 8.43. The number of esters is 1. The average molecular weight is 156 g/mol. The molecule has 2 unspecified atom stereocenters. The van der Waals surface area contributed by atoms with Gasteiger partial charge in [0.1, 0.15) is 6.10 Å². The van der Waals surface area contributed by atoms with Crippen molar-refractivity contribution in [1.82, 2.24) is 0 Å². The highest BCUT2D eigenvalue weighted by atomic mass is 16.5. The molecule has 1 aliphatic rings. The number of hydrogen-bond acceptors (Lipinski definition) is 2. The van der Waals surface area contributed by atoms with Gasteiger partial charge in [-0.05, 0) is 18.3 Å². The van der Waals surface area contributed by atoms with Crippen molar-refractivity contribution in [2.24, 2.45) is 11.8 Å². The number of cyclic esters (lactones) is 1.